The zero-order valence-corrected chi connectivity index (χ0v) is 12.4. The van der Waals surface area contributed by atoms with Gasteiger partial charge < -0.3 is 10.5 Å². The number of methoxy groups -OCH3 is 1. The molecule has 2 atom stereocenters. The van der Waals surface area contributed by atoms with Crippen molar-refractivity contribution in [1.29, 1.82) is 0 Å². The molecule has 2 unspecified atom stereocenters. The standard InChI is InChI=1S/C16H25FN2O/c1-12(14-5-6-16(20-2)15(17)10-14)19-9-3-4-13(11-19)7-8-18/h5-6,10,12-13H,3-4,7-9,11,18H2,1-2H3. The Hall–Kier alpha value is -1.13. The zero-order valence-electron chi connectivity index (χ0n) is 12.4. The van der Waals surface area contributed by atoms with Crippen LogP contribution >= 0.6 is 0 Å². The lowest BCUT2D eigenvalue weighted by atomic mass is 9.93. The van der Waals surface area contributed by atoms with Crippen LogP contribution < -0.4 is 10.5 Å². The smallest absolute Gasteiger partial charge is 0.165 e. The monoisotopic (exact) mass is 280 g/mol. The summed E-state index contributed by atoms with van der Waals surface area (Å²) < 4.78 is 18.8. The van der Waals surface area contributed by atoms with E-state index >= 15 is 0 Å². The molecule has 0 spiro atoms. The molecule has 1 aromatic carbocycles. The molecular formula is C16H25FN2O. The summed E-state index contributed by atoms with van der Waals surface area (Å²) >= 11 is 0. The second-order valence-electron chi connectivity index (χ2n) is 5.65. The highest BCUT2D eigenvalue weighted by atomic mass is 19.1. The van der Waals surface area contributed by atoms with Crippen molar-refractivity contribution < 1.29 is 9.13 Å². The van der Waals surface area contributed by atoms with E-state index in [0.29, 0.717) is 11.7 Å². The van der Waals surface area contributed by atoms with Gasteiger partial charge in [0.15, 0.2) is 11.6 Å². The van der Waals surface area contributed by atoms with Crippen LogP contribution in [0.5, 0.6) is 5.75 Å². The molecule has 20 heavy (non-hydrogen) atoms. The van der Waals surface area contributed by atoms with Crippen molar-refractivity contribution in [3.8, 4) is 5.75 Å². The van der Waals surface area contributed by atoms with E-state index < -0.39 is 0 Å². The van der Waals surface area contributed by atoms with Gasteiger partial charge in [-0.05, 0) is 62.9 Å². The van der Waals surface area contributed by atoms with Crippen LogP contribution in [0, 0.1) is 11.7 Å². The molecule has 1 aliphatic rings. The van der Waals surface area contributed by atoms with Crippen molar-refractivity contribution in [3.05, 3.63) is 29.6 Å². The van der Waals surface area contributed by atoms with Gasteiger partial charge in [0, 0.05) is 12.6 Å². The Labute approximate surface area is 120 Å². The number of hydrogen-bond acceptors (Lipinski definition) is 3. The summed E-state index contributed by atoms with van der Waals surface area (Å²) in [6, 6.07) is 5.49. The lowest BCUT2D eigenvalue weighted by Gasteiger charge is -2.37. The second-order valence-corrected chi connectivity index (χ2v) is 5.65. The molecule has 2 rings (SSSR count). The van der Waals surface area contributed by atoms with Crippen molar-refractivity contribution in [3.63, 3.8) is 0 Å². The van der Waals surface area contributed by atoms with Crippen LogP contribution in [-0.4, -0.2) is 31.6 Å². The van der Waals surface area contributed by atoms with Crippen molar-refractivity contribution >= 4 is 0 Å². The van der Waals surface area contributed by atoms with Crippen LogP contribution in [0.4, 0.5) is 4.39 Å². The maximum absolute atomic E-state index is 13.8. The summed E-state index contributed by atoms with van der Waals surface area (Å²) in [7, 11) is 1.49. The summed E-state index contributed by atoms with van der Waals surface area (Å²) in [5.74, 6) is 0.701. The lowest BCUT2D eigenvalue weighted by Crippen LogP contribution is -2.37. The number of rotatable bonds is 5. The summed E-state index contributed by atoms with van der Waals surface area (Å²) in [6.45, 7) is 5.04. The minimum Gasteiger partial charge on any atom is -0.494 e. The average molecular weight is 280 g/mol. The van der Waals surface area contributed by atoms with Gasteiger partial charge in [-0.25, -0.2) is 4.39 Å². The maximum atomic E-state index is 13.8. The Morgan fingerprint density at radius 1 is 1.50 bits per heavy atom. The fourth-order valence-electron chi connectivity index (χ4n) is 3.07. The number of nitrogens with two attached hydrogens (primary N) is 1. The molecule has 0 bridgehead atoms. The van der Waals surface area contributed by atoms with E-state index in [1.807, 2.05) is 6.07 Å². The van der Waals surface area contributed by atoms with Crippen LogP contribution in [0.1, 0.15) is 37.8 Å². The quantitative estimate of drug-likeness (QED) is 0.901. The number of piperidine rings is 1. The van der Waals surface area contributed by atoms with Crippen LogP contribution in [0.2, 0.25) is 0 Å². The SMILES string of the molecule is COc1ccc(C(C)N2CCCC(CCN)C2)cc1F. The third-order valence-electron chi connectivity index (χ3n) is 4.33. The first-order chi connectivity index (χ1) is 9.65. The van der Waals surface area contributed by atoms with Crippen molar-refractivity contribution in [2.24, 2.45) is 11.7 Å². The van der Waals surface area contributed by atoms with E-state index in [0.717, 1.165) is 31.6 Å². The Balaban J connectivity index is 2.06. The van der Waals surface area contributed by atoms with Gasteiger partial charge in [0.25, 0.3) is 0 Å². The molecule has 2 N–H and O–H groups in total. The maximum Gasteiger partial charge on any atom is 0.165 e. The number of ether oxygens (including phenoxy) is 1. The Morgan fingerprint density at radius 2 is 2.30 bits per heavy atom. The molecule has 0 radical (unpaired) electrons. The van der Waals surface area contributed by atoms with E-state index in [1.165, 1.54) is 20.0 Å². The second kappa shape index (κ2) is 7.04. The van der Waals surface area contributed by atoms with E-state index in [2.05, 4.69) is 11.8 Å². The van der Waals surface area contributed by atoms with E-state index in [1.54, 1.807) is 12.1 Å². The molecule has 4 heteroatoms. The number of benzene rings is 1. The number of halogens is 1. The molecule has 1 saturated heterocycles. The van der Waals surface area contributed by atoms with Gasteiger partial charge in [-0.3, -0.25) is 4.90 Å². The molecule has 112 valence electrons. The highest BCUT2D eigenvalue weighted by molar-refractivity contribution is 5.30. The van der Waals surface area contributed by atoms with Crippen LogP contribution in [0.3, 0.4) is 0 Å². The number of hydrogen-bond donors (Lipinski definition) is 1. The van der Waals surface area contributed by atoms with Gasteiger partial charge >= 0.3 is 0 Å². The van der Waals surface area contributed by atoms with Gasteiger partial charge in [0.2, 0.25) is 0 Å². The molecule has 0 amide bonds. The molecule has 0 aromatic heterocycles. The highest BCUT2D eigenvalue weighted by Gasteiger charge is 2.24. The van der Waals surface area contributed by atoms with Crippen LogP contribution in [-0.2, 0) is 0 Å². The minimum atomic E-state index is -0.285. The molecule has 1 fully saturated rings. The van der Waals surface area contributed by atoms with Crippen molar-refractivity contribution in [2.45, 2.75) is 32.2 Å². The molecule has 0 saturated carbocycles. The van der Waals surface area contributed by atoms with Gasteiger partial charge in [0.05, 0.1) is 7.11 Å². The van der Waals surface area contributed by atoms with Gasteiger partial charge in [-0.1, -0.05) is 6.07 Å². The molecule has 1 aromatic rings. The molecule has 1 aliphatic heterocycles. The van der Waals surface area contributed by atoms with Crippen molar-refractivity contribution in [2.75, 3.05) is 26.7 Å². The summed E-state index contributed by atoms with van der Waals surface area (Å²) in [5, 5.41) is 0. The summed E-state index contributed by atoms with van der Waals surface area (Å²) in [4.78, 5) is 2.44. The highest BCUT2D eigenvalue weighted by Crippen LogP contribution is 2.29. The van der Waals surface area contributed by atoms with Crippen LogP contribution in [0.15, 0.2) is 18.2 Å². The Bertz CT molecular complexity index is 436. The molecule has 0 aliphatic carbocycles. The van der Waals surface area contributed by atoms with Crippen LogP contribution in [0.25, 0.3) is 0 Å². The van der Waals surface area contributed by atoms with E-state index in [4.69, 9.17) is 10.5 Å². The average Bonchev–Trinajstić information content (AvgIpc) is 2.47. The summed E-state index contributed by atoms with van der Waals surface area (Å²) in [5.41, 5.74) is 6.67. The van der Waals surface area contributed by atoms with Crippen molar-refractivity contribution in [1.82, 2.24) is 4.90 Å². The largest absolute Gasteiger partial charge is 0.494 e. The fraction of sp³-hybridized carbons (Fsp3) is 0.625. The Kier molecular flexibility index (Phi) is 5.38. The third kappa shape index (κ3) is 3.49. The first kappa shape index (κ1) is 15.3. The predicted octanol–water partition coefficient (Wildman–Crippen LogP) is 2.96. The number of nitrogens with zero attached hydrogens (tertiary/aromatic N) is 1. The van der Waals surface area contributed by atoms with Gasteiger partial charge in [-0.2, -0.15) is 0 Å². The minimum absolute atomic E-state index is 0.232. The summed E-state index contributed by atoms with van der Waals surface area (Å²) in [6.07, 6.45) is 3.55. The predicted molar refractivity (Wildman–Crippen MR) is 79.3 cm³/mol. The van der Waals surface area contributed by atoms with Gasteiger partial charge in [-0.15, -0.1) is 0 Å². The van der Waals surface area contributed by atoms with E-state index in [-0.39, 0.29) is 11.9 Å². The van der Waals surface area contributed by atoms with E-state index in [9.17, 15) is 4.39 Å². The fourth-order valence-corrected chi connectivity index (χ4v) is 3.07. The Morgan fingerprint density at radius 3 is 2.95 bits per heavy atom. The lowest BCUT2D eigenvalue weighted by molar-refractivity contribution is 0.128. The first-order valence-corrected chi connectivity index (χ1v) is 7.43. The molecule has 1 heterocycles. The normalized spacial score (nSPS) is 21.7. The topological polar surface area (TPSA) is 38.5 Å². The zero-order chi connectivity index (χ0) is 14.5. The molecule has 3 nitrogen and oxygen atoms in total. The third-order valence-corrected chi connectivity index (χ3v) is 4.33. The van der Waals surface area contributed by atoms with Gasteiger partial charge in [0.1, 0.15) is 0 Å². The number of likely N-dealkylation sites (tertiary alicyclic amines) is 1. The first-order valence-electron chi connectivity index (χ1n) is 7.43. The molecular weight excluding hydrogens is 255 g/mol.